The van der Waals surface area contributed by atoms with Gasteiger partial charge in [0.1, 0.15) is 17.3 Å². The number of hydrogen-bond donors (Lipinski definition) is 1. The molecule has 1 atom stereocenters. The molecule has 0 spiro atoms. The number of aryl methyl sites for hydroxylation is 1. The molecule has 1 aliphatic heterocycles. The van der Waals surface area contributed by atoms with Gasteiger partial charge in [0.25, 0.3) is 0 Å². The van der Waals surface area contributed by atoms with Crippen LogP contribution in [-0.4, -0.2) is 47.6 Å². The van der Waals surface area contributed by atoms with Crippen LogP contribution in [0, 0.1) is 6.92 Å². The quantitative estimate of drug-likeness (QED) is 0.550. The van der Waals surface area contributed by atoms with E-state index in [1.807, 2.05) is 37.3 Å². The summed E-state index contributed by atoms with van der Waals surface area (Å²) in [7, 11) is 3.23. The maximum atomic E-state index is 11.7. The Balaban J connectivity index is 1.57. The van der Waals surface area contributed by atoms with Crippen LogP contribution in [0.5, 0.6) is 11.5 Å². The number of ether oxygens (including phenoxy) is 2. The number of benzene rings is 1. The van der Waals surface area contributed by atoms with E-state index in [0.29, 0.717) is 30.4 Å². The van der Waals surface area contributed by atoms with Gasteiger partial charge in [-0.2, -0.15) is 0 Å². The second-order valence-electron chi connectivity index (χ2n) is 7.92. The summed E-state index contributed by atoms with van der Waals surface area (Å²) in [6.07, 6.45) is 5.01. The van der Waals surface area contributed by atoms with Crippen molar-refractivity contribution in [3.8, 4) is 23.0 Å². The van der Waals surface area contributed by atoms with E-state index in [4.69, 9.17) is 18.9 Å². The third-order valence-corrected chi connectivity index (χ3v) is 5.62. The summed E-state index contributed by atoms with van der Waals surface area (Å²) < 4.78 is 16.8. The number of hydrogen-bond acceptors (Lipinski definition) is 7. The van der Waals surface area contributed by atoms with Gasteiger partial charge in [-0.3, -0.25) is 14.7 Å². The first-order chi connectivity index (χ1) is 15.6. The van der Waals surface area contributed by atoms with Gasteiger partial charge >= 0.3 is 0 Å². The fourth-order valence-corrected chi connectivity index (χ4v) is 3.93. The molecule has 8 nitrogen and oxygen atoms in total. The van der Waals surface area contributed by atoms with Crippen molar-refractivity contribution in [2.75, 3.05) is 20.8 Å². The van der Waals surface area contributed by atoms with Crippen molar-refractivity contribution >= 4 is 5.91 Å². The number of methoxy groups -OCH3 is 2. The molecule has 168 valence electrons. The Kier molecular flexibility index (Phi) is 6.70. The van der Waals surface area contributed by atoms with Crippen LogP contribution >= 0.6 is 0 Å². The predicted octanol–water partition coefficient (Wildman–Crippen LogP) is 3.34. The maximum Gasteiger partial charge on any atom is 0.230 e. The van der Waals surface area contributed by atoms with Crippen LogP contribution in [0.1, 0.15) is 29.9 Å². The van der Waals surface area contributed by atoms with Crippen molar-refractivity contribution in [1.29, 1.82) is 0 Å². The lowest BCUT2D eigenvalue weighted by Crippen LogP contribution is -2.38. The molecule has 4 rings (SSSR count). The number of carbonyl (C=O) groups excluding carboxylic acids is 1. The number of amides is 1. The van der Waals surface area contributed by atoms with Gasteiger partial charge in [-0.1, -0.05) is 0 Å². The molecule has 1 saturated heterocycles. The molecule has 3 aromatic rings. The molecule has 8 heteroatoms. The molecule has 1 N–H and O–H groups in total. The number of nitrogens with one attached hydrogen (secondary N) is 1. The van der Waals surface area contributed by atoms with Crippen LogP contribution in [0.4, 0.5) is 0 Å². The molecule has 1 aliphatic rings. The van der Waals surface area contributed by atoms with Crippen molar-refractivity contribution in [3.63, 3.8) is 0 Å². The minimum atomic E-state index is 0.116. The molecule has 3 heterocycles. The summed E-state index contributed by atoms with van der Waals surface area (Å²) in [5.41, 5.74) is 2.78. The molecular formula is C24H28N4O4. The Morgan fingerprint density at radius 2 is 1.97 bits per heavy atom. The van der Waals surface area contributed by atoms with E-state index in [2.05, 4.69) is 15.2 Å². The summed E-state index contributed by atoms with van der Waals surface area (Å²) >= 11 is 0. The summed E-state index contributed by atoms with van der Waals surface area (Å²) in [6, 6.07) is 9.70. The Labute approximate surface area is 187 Å². The van der Waals surface area contributed by atoms with Crippen molar-refractivity contribution in [2.24, 2.45) is 0 Å². The summed E-state index contributed by atoms with van der Waals surface area (Å²) in [5, 5.41) is 3.06. The SMILES string of the molecule is COc1ccc(-c2nc(CN(Cc3ccncc3)C[C@@H]3CCC(=O)N3)c(C)o2)c(OC)c1. The van der Waals surface area contributed by atoms with E-state index in [1.54, 1.807) is 26.6 Å². The standard InChI is InChI=1S/C24H28N4O4/c1-16-21(27-24(32-16)20-6-5-19(30-2)12-22(20)31-3)15-28(13-17-8-10-25-11-9-17)14-18-4-7-23(29)26-18/h5-6,8-12,18H,4,7,13-15H2,1-3H3,(H,26,29)/t18-/m0/s1. The van der Waals surface area contributed by atoms with Gasteiger partial charge in [-0.05, 0) is 43.2 Å². The fraction of sp³-hybridized carbons (Fsp3) is 0.375. The van der Waals surface area contributed by atoms with E-state index in [9.17, 15) is 4.79 Å². The van der Waals surface area contributed by atoms with Gasteiger partial charge in [0.2, 0.25) is 11.8 Å². The molecule has 0 aliphatic carbocycles. The van der Waals surface area contributed by atoms with Gasteiger partial charge in [0.15, 0.2) is 0 Å². The van der Waals surface area contributed by atoms with Gasteiger partial charge in [0, 0.05) is 50.6 Å². The lowest BCUT2D eigenvalue weighted by Gasteiger charge is -2.25. The van der Waals surface area contributed by atoms with Crippen molar-refractivity contribution in [1.82, 2.24) is 20.2 Å². The van der Waals surface area contributed by atoms with Crippen molar-refractivity contribution in [2.45, 2.75) is 38.9 Å². The third-order valence-electron chi connectivity index (χ3n) is 5.62. The predicted molar refractivity (Wildman–Crippen MR) is 119 cm³/mol. The van der Waals surface area contributed by atoms with E-state index >= 15 is 0 Å². The van der Waals surface area contributed by atoms with Crippen LogP contribution in [0.15, 0.2) is 47.1 Å². The maximum absolute atomic E-state index is 11.7. The zero-order chi connectivity index (χ0) is 22.5. The van der Waals surface area contributed by atoms with E-state index in [-0.39, 0.29) is 11.9 Å². The number of pyridine rings is 1. The molecule has 1 aromatic carbocycles. The number of nitrogens with zero attached hydrogens (tertiary/aromatic N) is 3. The van der Waals surface area contributed by atoms with Crippen LogP contribution in [-0.2, 0) is 17.9 Å². The minimum Gasteiger partial charge on any atom is -0.497 e. The van der Waals surface area contributed by atoms with E-state index in [0.717, 1.165) is 42.1 Å². The summed E-state index contributed by atoms with van der Waals surface area (Å²) in [4.78, 5) is 22.9. The zero-order valence-electron chi connectivity index (χ0n) is 18.6. The van der Waals surface area contributed by atoms with Crippen molar-refractivity contribution in [3.05, 3.63) is 59.7 Å². The second kappa shape index (κ2) is 9.82. The fourth-order valence-electron chi connectivity index (χ4n) is 3.93. The minimum absolute atomic E-state index is 0.116. The van der Waals surface area contributed by atoms with Gasteiger partial charge < -0.3 is 19.2 Å². The lowest BCUT2D eigenvalue weighted by molar-refractivity contribution is -0.119. The Morgan fingerprint density at radius 1 is 1.16 bits per heavy atom. The monoisotopic (exact) mass is 436 g/mol. The average Bonchev–Trinajstić information content (AvgIpc) is 3.38. The molecule has 0 unspecified atom stereocenters. The first-order valence-electron chi connectivity index (χ1n) is 10.6. The van der Waals surface area contributed by atoms with Gasteiger partial charge in [-0.25, -0.2) is 4.98 Å². The molecular weight excluding hydrogens is 408 g/mol. The molecule has 0 radical (unpaired) electrons. The van der Waals surface area contributed by atoms with Crippen LogP contribution in [0.25, 0.3) is 11.5 Å². The molecule has 0 saturated carbocycles. The topological polar surface area (TPSA) is 89.7 Å². The van der Waals surface area contributed by atoms with Gasteiger partial charge in [0.05, 0.1) is 25.5 Å². The average molecular weight is 437 g/mol. The van der Waals surface area contributed by atoms with E-state index < -0.39 is 0 Å². The highest BCUT2D eigenvalue weighted by Gasteiger charge is 2.25. The number of carbonyl (C=O) groups is 1. The Hall–Kier alpha value is -3.39. The van der Waals surface area contributed by atoms with Gasteiger partial charge in [-0.15, -0.1) is 0 Å². The summed E-state index contributed by atoms with van der Waals surface area (Å²) in [6.45, 7) is 3.98. The Morgan fingerprint density at radius 3 is 2.66 bits per heavy atom. The zero-order valence-corrected chi connectivity index (χ0v) is 18.6. The molecule has 1 amide bonds. The van der Waals surface area contributed by atoms with Crippen LogP contribution < -0.4 is 14.8 Å². The van der Waals surface area contributed by atoms with Crippen LogP contribution in [0.3, 0.4) is 0 Å². The lowest BCUT2D eigenvalue weighted by atomic mass is 10.1. The molecule has 0 bridgehead atoms. The highest BCUT2D eigenvalue weighted by atomic mass is 16.5. The second-order valence-corrected chi connectivity index (χ2v) is 7.92. The third kappa shape index (κ3) is 5.08. The smallest absolute Gasteiger partial charge is 0.230 e. The Bertz CT molecular complexity index is 1070. The normalized spacial score (nSPS) is 15.8. The molecule has 2 aromatic heterocycles. The largest absolute Gasteiger partial charge is 0.497 e. The number of rotatable bonds is 9. The first kappa shape index (κ1) is 21.8. The van der Waals surface area contributed by atoms with Crippen molar-refractivity contribution < 1.29 is 18.7 Å². The van der Waals surface area contributed by atoms with E-state index in [1.165, 1.54) is 0 Å². The summed E-state index contributed by atoms with van der Waals surface area (Å²) in [5.74, 6) is 2.73. The first-order valence-corrected chi connectivity index (χ1v) is 10.6. The number of aromatic nitrogens is 2. The highest BCUT2D eigenvalue weighted by Crippen LogP contribution is 2.34. The van der Waals surface area contributed by atoms with Crippen LogP contribution in [0.2, 0.25) is 0 Å². The number of oxazole rings is 1. The molecule has 1 fully saturated rings. The highest BCUT2D eigenvalue weighted by molar-refractivity contribution is 5.78. The molecule has 32 heavy (non-hydrogen) atoms.